The van der Waals surface area contributed by atoms with Gasteiger partial charge >= 0.3 is 0 Å². The van der Waals surface area contributed by atoms with Crippen molar-refractivity contribution in [2.75, 3.05) is 32.7 Å². The topological polar surface area (TPSA) is 32.5 Å². The second kappa shape index (κ2) is 6.97. The van der Waals surface area contributed by atoms with Crippen molar-refractivity contribution in [1.82, 2.24) is 9.80 Å². The van der Waals surface area contributed by atoms with E-state index >= 15 is 0 Å². The van der Waals surface area contributed by atoms with Gasteiger partial charge < -0.3 is 5.73 Å². The third-order valence-electron chi connectivity index (χ3n) is 4.86. The molecule has 0 spiro atoms. The van der Waals surface area contributed by atoms with Gasteiger partial charge in [0.25, 0.3) is 0 Å². The molecule has 1 aromatic carbocycles. The van der Waals surface area contributed by atoms with E-state index in [1.807, 2.05) is 6.07 Å². The number of hydrogen-bond acceptors (Lipinski definition) is 3. The molecule has 116 valence electrons. The second-order valence-corrected chi connectivity index (χ2v) is 7.37. The molecule has 5 heteroatoms. The number of halogens is 2. The van der Waals surface area contributed by atoms with Crippen molar-refractivity contribution in [2.45, 2.75) is 31.3 Å². The largest absolute Gasteiger partial charge is 0.329 e. The highest BCUT2D eigenvalue weighted by atomic mass is 79.9. The molecule has 0 saturated carbocycles. The first-order valence-electron chi connectivity index (χ1n) is 7.82. The molecule has 0 radical (unpaired) electrons. The Bertz CT molecular complexity index is 496. The van der Waals surface area contributed by atoms with Crippen molar-refractivity contribution >= 4 is 27.5 Å². The first-order chi connectivity index (χ1) is 10.2. The van der Waals surface area contributed by atoms with Gasteiger partial charge in [0, 0.05) is 42.7 Å². The Morgan fingerprint density at radius 1 is 1.29 bits per heavy atom. The maximum absolute atomic E-state index is 6.25. The van der Waals surface area contributed by atoms with Gasteiger partial charge in [-0.15, -0.1) is 0 Å². The summed E-state index contributed by atoms with van der Waals surface area (Å²) in [6.07, 6.45) is 4.06. The molecule has 21 heavy (non-hydrogen) atoms. The smallest absolute Gasteiger partial charge is 0.0551 e. The molecule has 2 fully saturated rings. The summed E-state index contributed by atoms with van der Waals surface area (Å²) in [7, 11) is 0. The summed E-state index contributed by atoms with van der Waals surface area (Å²) >= 11 is 9.71. The van der Waals surface area contributed by atoms with Crippen LogP contribution in [0.3, 0.4) is 0 Å². The van der Waals surface area contributed by atoms with Crippen molar-refractivity contribution in [2.24, 2.45) is 5.73 Å². The maximum atomic E-state index is 6.25. The van der Waals surface area contributed by atoms with Gasteiger partial charge in [0.1, 0.15) is 0 Å². The standard InChI is InChI=1S/C16H23BrClN3/c17-14-5-4-12(9-15(14)18)16(10-19)21-8-7-20-6-2-1-3-13(20)11-21/h4-5,9,13,16H,1-3,6-8,10-11,19H2. The minimum Gasteiger partial charge on any atom is -0.329 e. The predicted molar refractivity (Wildman–Crippen MR) is 91.7 cm³/mol. The fraction of sp³-hybridized carbons (Fsp3) is 0.625. The minimum atomic E-state index is 0.277. The molecule has 3 rings (SSSR count). The second-order valence-electron chi connectivity index (χ2n) is 6.11. The minimum absolute atomic E-state index is 0.277. The molecule has 2 aliphatic rings. The number of piperidine rings is 1. The van der Waals surface area contributed by atoms with E-state index in [4.69, 9.17) is 17.3 Å². The van der Waals surface area contributed by atoms with Crippen LogP contribution in [0.5, 0.6) is 0 Å². The molecule has 2 heterocycles. The van der Waals surface area contributed by atoms with Crippen LogP contribution in [0.1, 0.15) is 30.9 Å². The van der Waals surface area contributed by atoms with Crippen molar-refractivity contribution in [3.63, 3.8) is 0 Å². The molecule has 2 aliphatic heterocycles. The van der Waals surface area contributed by atoms with E-state index in [1.54, 1.807) is 0 Å². The first kappa shape index (κ1) is 15.8. The van der Waals surface area contributed by atoms with Gasteiger partial charge in [0.2, 0.25) is 0 Å². The summed E-state index contributed by atoms with van der Waals surface area (Å²) in [5.74, 6) is 0. The summed E-state index contributed by atoms with van der Waals surface area (Å²) < 4.78 is 0.945. The molecular formula is C16H23BrClN3. The molecule has 0 aliphatic carbocycles. The highest BCUT2D eigenvalue weighted by Gasteiger charge is 2.32. The van der Waals surface area contributed by atoms with E-state index in [0.717, 1.165) is 22.6 Å². The van der Waals surface area contributed by atoms with Crippen LogP contribution in [0.15, 0.2) is 22.7 Å². The third kappa shape index (κ3) is 3.45. The normalized spacial score (nSPS) is 25.6. The Morgan fingerprint density at radius 3 is 2.90 bits per heavy atom. The molecule has 0 aromatic heterocycles. The Kier molecular flexibility index (Phi) is 5.23. The highest BCUT2D eigenvalue weighted by Crippen LogP contribution is 2.31. The summed E-state index contributed by atoms with van der Waals surface area (Å²) in [6, 6.07) is 7.21. The SMILES string of the molecule is NCC(c1ccc(Br)c(Cl)c1)N1CCN2CCCCC2C1. The number of hydrogen-bond donors (Lipinski definition) is 1. The molecule has 0 amide bonds. The van der Waals surface area contributed by atoms with Crippen LogP contribution in [0.25, 0.3) is 0 Å². The number of fused-ring (bicyclic) bond motifs is 1. The summed E-state index contributed by atoms with van der Waals surface area (Å²) in [5.41, 5.74) is 7.31. The molecule has 3 nitrogen and oxygen atoms in total. The molecule has 0 bridgehead atoms. The average Bonchev–Trinajstić information content (AvgIpc) is 2.51. The lowest BCUT2D eigenvalue weighted by atomic mass is 9.97. The van der Waals surface area contributed by atoms with Crippen LogP contribution in [0.4, 0.5) is 0 Å². The zero-order valence-electron chi connectivity index (χ0n) is 12.3. The quantitative estimate of drug-likeness (QED) is 0.884. The van der Waals surface area contributed by atoms with E-state index in [9.17, 15) is 0 Å². The van der Waals surface area contributed by atoms with Gasteiger partial charge in [-0.2, -0.15) is 0 Å². The van der Waals surface area contributed by atoms with Crippen molar-refractivity contribution in [3.05, 3.63) is 33.3 Å². The Hall–Kier alpha value is -0.130. The molecule has 2 saturated heterocycles. The lowest BCUT2D eigenvalue weighted by Gasteiger charge is -2.46. The van der Waals surface area contributed by atoms with Gasteiger partial charge in [-0.25, -0.2) is 0 Å². The summed E-state index contributed by atoms with van der Waals surface area (Å²) in [6.45, 7) is 5.33. The van der Waals surface area contributed by atoms with Gasteiger partial charge in [0.15, 0.2) is 0 Å². The lowest BCUT2D eigenvalue weighted by Crippen LogP contribution is -2.56. The van der Waals surface area contributed by atoms with E-state index in [1.165, 1.54) is 37.9 Å². The van der Waals surface area contributed by atoms with E-state index in [-0.39, 0.29) is 6.04 Å². The number of rotatable bonds is 3. The number of benzene rings is 1. The molecule has 2 unspecified atom stereocenters. The van der Waals surface area contributed by atoms with Gasteiger partial charge in [-0.1, -0.05) is 24.1 Å². The van der Waals surface area contributed by atoms with Gasteiger partial charge in [-0.05, 0) is 53.0 Å². The Morgan fingerprint density at radius 2 is 2.14 bits per heavy atom. The number of nitrogens with two attached hydrogens (primary N) is 1. The monoisotopic (exact) mass is 371 g/mol. The molecular weight excluding hydrogens is 350 g/mol. The van der Waals surface area contributed by atoms with Crippen molar-refractivity contribution in [3.8, 4) is 0 Å². The Labute approximate surface area is 140 Å². The number of piperazine rings is 1. The maximum Gasteiger partial charge on any atom is 0.0551 e. The Balaban J connectivity index is 1.75. The van der Waals surface area contributed by atoms with Crippen LogP contribution in [-0.4, -0.2) is 48.6 Å². The average molecular weight is 373 g/mol. The van der Waals surface area contributed by atoms with Crippen molar-refractivity contribution < 1.29 is 0 Å². The van der Waals surface area contributed by atoms with E-state index in [0.29, 0.717) is 12.6 Å². The molecule has 2 atom stereocenters. The highest BCUT2D eigenvalue weighted by molar-refractivity contribution is 9.10. The number of nitrogens with zero attached hydrogens (tertiary/aromatic N) is 2. The fourth-order valence-corrected chi connectivity index (χ4v) is 4.11. The van der Waals surface area contributed by atoms with E-state index < -0.39 is 0 Å². The lowest BCUT2D eigenvalue weighted by molar-refractivity contribution is 0.0286. The van der Waals surface area contributed by atoms with Crippen LogP contribution in [0.2, 0.25) is 5.02 Å². The van der Waals surface area contributed by atoms with Crippen LogP contribution in [-0.2, 0) is 0 Å². The van der Waals surface area contributed by atoms with E-state index in [2.05, 4.69) is 37.9 Å². The van der Waals surface area contributed by atoms with Crippen LogP contribution in [0, 0.1) is 0 Å². The summed E-state index contributed by atoms with van der Waals surface area (Å²) in [5, 5.41) is 0.766. The zero-order valence-corrected chi connectivity index (χ0v) is 14.6. The summed E-state index contributed by atoms with van der Waals surface area (Å²) in [4.78, 5) is 5.20. The molecule has 2 N–H and O–H groups in total. The zero-order chi connectivity index (χ0) is 14.8. The van der Waals surface area contributed by atoms with Crippen molar-refractivity contribution in [1.29, 1.82) is 0 Å². The molecule has 1 aromatic rings. The van der Waals surface area contributed by atoms with Crippen LogP contribution >= 0.6 is 27.5 Å². The van der Waals surface area contributed by atoms with Gasteiger partial charge in [-0.3, -0.25) is 9.80 Å². The first-order valence-corrected chi connectivity index (χ1v) is 8.99. The fourth-order valence-electron chi connectivity index (χ4n) is 3.68. The van der Waals surface area contributed by atoms with Crippen LogP contribution < -0.4 is 5.73 Å². The predicted octanol–water partition coefficient (Wildman–Crippen LogP) is 3.27. The third-order valence-corrected chi connectivity index (χ3v) is 6.09. The van der Waals surface area contributed by atoms with Gasteiger partial charge in [0.05, 0.1) is 5.02 Å².